The van der Waals surface area contributed by atoms with Crippen LogP contribution < -0.4 is 10.1 Å². The van der Waals surface area contributed by atoms with Crippen LogP contribution in [-0.2, 0) is 16.0 Å². The maximum atomic E-state index is 12.9. The molecule has 0 bridgehead atoms. The highest BCUT2D eigenvalue weighted by Gasteiger charge is 2.42. The van der Waals surface area contributed by atoms with Crippen LogP contribution in [0.25, 0.3) is 0 Å². The normalized spacial score (nSPS) is 18.6. The van der Waals surface area contributed by atoms with Gasteiger partial charge in [-0.1, -0.05) is 43.7 Å². The molecule has 0 spiro atoms. The third kappa shape index (κ3) is 3.72. The lowest BCUT2D eigenvalue weighted by Gasteiger charge is -2.33. The van der Waals surface area contributed by atoms with Crippen LogP contribution in [0.1, 0.15) is 42.6 Å². The number of ether oxygens (including phenoxy) is 2. The summed E-state index contributed by atoms with van der Waals surface area (Å²) >= 11 is 0. The highest BCUT2D eigenvalue weighted by Crippen LogP contribution is 2.31. The zero-order chi connectivity index (χ0) is 18.6. The summed E-state index contributed by atoms with van der Waals surface area (Å²) in [6, 6.07) is 14.5. The summed E-state index contributed by atoms with van der Waals surface area (Å²) < 4.78 is 11.2. The van der Waals surface area contributed by atoms with Gasteiger partial charge in [-0.15, -0.1) is 0 Å². The van der Waals surface area contributed by atoms with Crippen molar-refractivity contribution in [3.05, 3.63) is 59.7 Å². The van der Waals surface area contributed by atoms with Gasteiger partial charge in [-0.05, 0) is 37.1 Å². The van der Waals surface area contributed by atoms with Crippen molar-refractivity contribution in [2.45, 2.75) is 38.7 Å². The van der Waals surface area contributed by atoms with Crippen LogP contribution in [0.5, 0.6) is 5.75 Å². The first kappa shape index (κ1) is 18.0. The molecule has 1 unspecified atom stereocenters. The number of hydrogen-bond donors (Lipinski definition) is 1. The van der Waals surface area contributed by atoms with Crippen molar-refractivity contribution in [1.82, 2.24) is 0 Å². The lowest BCUT2D eigenvalue weighted by Crippen LogP contribution is -2.48. The van der Waals surface area contributed by atoms with Gasteiger partial charge >= 0.3 is 5.97 Å². The topological polar surface area (TPSA) is 64.6 Å². The summed E-state index contributed by atoms with van der Waals surface area (Å²) in [6.07, 6.45) is 2.30. The third-order valence-electron chi connectivity index (χ3n) is 4.45. The largest absolute Gasteiger partial charge is 0.491 e. The standard InChI is InChI=1S/C21H23NO4/c1-3-4-13-25-18-12-8-7-11-17(18)22-20(24)21(2)14-15-9-5-6-10-16(15)19(23)26-21/h5-12H,3-4,13-14H2,1-2H3,(H,22,24). The highest BCUT2D eigenvalue weighted by molar-refractivity contribution is 6.03. The number of esters is 1. The van der Waals surface area contributed by atoms with E-state index in [9.17, 15) is 9.59 Å². The Hall–Kier alpha value is -2.82. The quantitative estimate of drug-likeness (QED) is 0.630. The van der Waals surface area contributed by atoms with E-state index in [4.69, 9.17) is 9.47 Å². The average Bonchev–Trinajstić information content (AvgIpc) is 2.63. The van der Waals surface area contributed by atoms with E-state index in [2.05, 4.69) is 12.2 Å². The number of hydrogen-bond acceptors (Lipinski definition) is 4. The first-order valence-corrected chi connectivity index (χ1v) is 8.88. The van der Waals surface area contributed by atoms with E-state index in [1.807, 2.05) is 30.3 Å². The molecule has 1 amide bonds. The van der Waals surface area contributed by atoms with Gasteiger partial charge in [0.05, 0.1) is 17.9 Å². The Labute approximate surface area is 153 Å². The molecule has 136 valence electrons. The summed E-state index contributed by atoms with van der Waals surface area (Å²) in [5.41, 5.74) is 0.641. The van der Waals surface area contributed by atoms with Crippen molar-refractivity contribution in [3.63, 3.8) is 0 Å². The molecule has 5 heteroatoms. The predicted molar refractivity (Wildman–Crippen MR) is 99.4 cm³/mol. The Morgan fingerprint density at radius 1 is 1.19 bits per heavy atom. The minimum Gasteiger partial charge on any atom is -0.491 e. The van der Waals surface area contributed by atoms with Gasteiger partial charge in [0.25, 0.3) is 5.91 Å². The zero-order valence-electron chi connectivity index (χ0n) is 15.1. The lowest BCUT2D eigenvalue weighted by molar-refractivity contribution is -0.134. The van der Waals surface area contributed by atoms with E-state index in [-0.39, 0.29) is 5.91 Å². The Kier molecular flexibility index (Phi) is 5.26. The zero-order valence-corrected chi connectivity index (χ0v) is 15.1. The maximum absolute atomic E-state index is 12.9. The predicted octanol–water partition coefficient (Wildman–Crippen LogP) is 3.98. The number of unbranched alkanes of at least 4 members (excludes halogenated alkanes) is 1. The van der Waals surface area contributed by atoms with Crippen molar-refractivity contribution in [3.8, 4) is 5.75 Å². The summed E-state index contributed by atoms with van der Waals surface area (Å²) in [6.45, 7) is 4.31. The molecule has 26 heavy (non-hydrogen) atoms. The number of fused-ring (bicyclic) bond motifs is 1. The van der Waals surface area contributed by atoms with Gasteiger partial charge in [-0.2, -0.15) is 0 Å². The number of rotatable bonds is 6. The molecule has 0 saturated carbocycles. The van der Waals surface area contributed by atoms with Crippen LogP contribution in [-0.4, -0.2) is 24.1 Å². The summed E-state index contributed by atoms with van der Waals surface area (Å²) in [7, 11) is 0. The number of carbonyl (C=O) groups is 2. The maximum Gasteiger partial charge on any atom is 0.339 e. The van der Waals surface area contributed by atoms with Crippen LogP contribution in [0.2, 0.25) is 0 Å². The Morgan fingerprint density at radius 3 is 2.73 bits per heavy atom. The fourth-order valence-electron chi connectivity index (χ4n) is 2.94. The van der Waals surface area contributed by atoms with Gasteiger partial charge in [0.2, 0.25) is 0 Å². The van der Waals surface area contributed by atoms with E-state index in [0.29, 0.717) is 30.0 Å². The molecule has 2 aromatic carbocycles. The Balaban J connectivity index is 1.77. The molecular weight excluding hydrogens is 330 g/mol. The smallest absolute Gasteiger partial charge is 0.339 e. The van der Waals surface area contributed by atoms with Crippen LogP contribution in [0.4, 0.5) is 5.69 Å². The van der Waals surface area contributed by atoms with Crippen LogP contribution in [0.3, 0.4) is 0 Å². The lowest BCUT2D eigenvalue weighted by atomic mass is 9.89. The van der Waals surface area contributed by atoms with E-state index in [0.717, 1.165) is 18.4 Å². The summed E-state index contributed by atoms with van der Waals surface area (Å²) in [4.78, 5) is 25.2. The second-order valence-corrected chi connectivity index (χ2v) is 6.61. The molecule has 0 aliphatic carbocycles. The fourth-order valence-corrected chi connectivity index (χ4v) is 2.94. The number of benzene rings is 2. The van der Waals surface area contributed by atoms with Gasteiger partial charge in [0.15, 0.2) is 5.60 Å². The molecular formula is C21H23NO4. The molecule has 0 saturated heterocycles. The molecule has 1 N–H and O–H groups in total. The van der Waals surface area contributed by atoms with Gasteiger partial charge in [-0.25, -0.2) is 4.79 Å². The van der Waals surface area contributed by atoms with E-state index < -0.39 is 11.6 Å². The van der Waals surface area contributed by atoms with Crippen molar-refractivity contribution in [1.29, 1.82) is 0 Å². The van der Waals surface area contributed by atoms with E-state index >= 15 is 0 Å². The second-order valence-electron chi connectivity index (χ2n) is 6.61. The third-order valence-corrected chi connectivity index (χ3v) is 4.45. The van der Waals surface area contributed by atoms with Crippen molar-refractivity contribution < 1.29 is 19.1 Å². The number of para-hydroxylation sites is 2. The number of anilines is 1. The van der Waals surface area contributed by atoms with Crippen molar-refractivity contribution >= 4 is 17.6 Å². The highest BCUT2D eigenvalue weighted by atomic mass is 16.6. The summed E-state index contributed by atoms with van der Waals surface area (Å²) in [5.74, 6) is -0.232. The summed E-state index contributed by atoms with van der Waals surface area (Å²) in [5, 5.41) is 2.86. The van der Waals surface area contributed by atoms with Gasteiger partial charge in [-0.3, -0.25) is 4.79 Å². The van der Waals surface area contributed by atoms with E-state index in [1.54, 1.807) is 25.1 Å². The molecule has 2 aromatic rings. The van der Waals surface area contributed by atoms with Crippen LogP contribution in [0, 0.1) is 0 Å². The van der Waals surface area contributed by atoms with Crippen molar-refractivity contribution in [2.75, 3.05) is 11.9 Å². The molecule has 1 aliphatic heterocycles. The molecule has 0 aromatic heterocycles. The molecule has 0 fully saturated rings. The van der Waals surface area contributed by atoms with Gasteiger partial charge in [0.1, 0.15) is 5.75 Å². The monoisotopic (exact) mass is 353 g/mol. The number of nitrogens with one attached hydrogen (secondary N) is 1. The number of carbonyl (C=O) groups excluding carboxylic acids is 2. The van der Waals surface area contributed by atoms with Gasteiger partial charge in [0, 0.05) is 6.42 Å². The molecule has 0 radical (unpaired) electrons. The minimum absolute atomic E-state index is 0.333. The van der Waals surface area contributed by atoms with Crippen LogP contribution >= 0.6 is 0 Å². The fraction of sp³-hybridized carbons (Fsp3) is 0.333. The average molecular weight is 353 g/mol. The molecule has 1 aliphatic rings. The second kappa shape index (κ2) is 7.60. The molecule has 1 heterocycles. The first-order chi connectivity index (χ1) is 12.5. The number of cyclic esters (lactones) is 1. The molecule has 3 rings (SSSR count). The van der Waals surface area contributed by atoms with Crippen LogP contribution in [0.15, 0.2) is 48.5 Å². The number of amides is 1. The SMILES string of the molecule is CCCCOc1ccccc1NC(=O)C1(C)Cc2ccccc2C(=O)O1. The van der Waals surface area contributed by atoms with Crippen molar-refractivity contribution in [2.24, 2.45) is 0 Å². The Morgan fingerprint density at radius 2 is 1.92 bits per heavy atom. The van der Waals surface area contributed by atoms with E-state index in [1.165, 1.54) is 0 Å². The Bertz CT molecular complexity index is 817. The minimum atomic E-state index is -1.26. The first-order valence-electron chi connectivity index (χ1n) is 8.88. The van der Waals surface area contributed by atoms with Gasteiger partial charge < -0.3 is 14.8 Å². The molecule has 1 atom stereocenters. The molecule has 5 nitrogen and oxygen atoms in total.